The van der Waals surface area contributed by atoms with Crippen LogP contribution in [0.4, 0.5) is 136 Å². The lowest BCUT2D eigenvalue weighted by atomic mass is 9.83. The highest BCUT2D eigenvalue weighted by molar-refractivity contribution is 5.79. The number of halogens is 31. The molecule has 0 N–H and O–H groups in total. The summed E-state index contributed by atoms with van der Waals surface area (Å²) >= 11 is 0. The zero-order valence-electron chi connectivity index (χ0n) is 71.5. The Labute approximate surface area is 694 Å². The van der Waals surface area contributed by atoms with Crippen molar-refractivity contribution in [1.82, 2.24) is 0 Å². The zero-order valence-corrected chi connectivity index (χ0v) is 71.5. The van der Waals surface area contributed by atoms with E-state index in [0.717, 1.165) is 12.8 Å². The van der Waals surface area contributed by atoms with Gasteiger partial charge in [0.15, 0.2) is 0 Å². The minimum atomic E-state index is -10.1. The third kappa shape index (κ3) is 37.5. The van der Waals surface area contributed by atoms with Gasteiger partial charge in [-0.15, -0.1) is 0 Å². The van der Waals surface area contributed by atoms with Gasteiger partial charge >= 0.3 is 95.1 Å². The second kappa shape index (κ2) is 60.1. The monoisotopic (exact) mass is 1810 g/mol. The number of carbonyl (C=O) groups is 1. The van der Waals surface area contributed by atoms with E-state index in [4.69, 9.17) is 0 Å². The minimum Gasteiger partial charge on any atom is -0.459 e. The van der Waals surface area contributed by atoms with Crippen LogP contribution in [0.3, 0.4) is 0 Å². The fraction of sp³-hybridized carbons (Fsp3) is 0.988. The molecule has 0 spiro atoms. The third-order valence-corrected chi connectivity index (χ3v) is 22.5. The van der Waals surface area contributed by atoms with Gasteiger partial charge in [-0.25, -0.2) is 4.79 Å². The molecule has 0 saturated heterocycles. The fourth-order valence-electron chi connectivity index (χ4n) is 14.3. The van der Waals surface area contributed by atoms with Crippen LogP contribution in [-0.4, -0.2) is 115 Å². The van der Waals surface area contributed by atoms with Gasteiger partial charge in [0.05, 0.1) is 6.61 Å². The molecule has 0 atom stereocenters. The molecule has 0 bridgehead atoms. The average Bonchev–Trinajstić information content (AvgIpc) is 0.713. The van der Waals surface area contributed by atoms with Crippen LogP contribution >= 0.6 is 0 Å². The van der Waals surface area contributed by atoms with Crippen molar-refractivity contribution in [2.24, 2.45) is 5.92 Å². The van der Waals surface area contributed by atoms with Gasteiger partial charge in [0, 0.05) is 6.61 Å². The van der Waals surface area contributed by atoms with Crippen LogP contribution in [0.5, 0.6) is 0 Å². The maximum atomic E-state index is 14.1. The van der Waals surface area contributed by atoms with Crippen molar-refractivity contribution < 1.29 is 150 Å². The van der Waals surface area contributed by atoms with Crippen LogP contribution in [0.15, 0.2) is 0 Å². The number of carbonyl (C=O) groups excluding carboxylic acids is 1. The lowest BCUT2D eigenvalue weighted by Gasteiger charge is -2.46. The van der Waals surface area contributed by atoms with Crippen molar-refractivity contribution in [2.75, 3.05) is 19.8 Å². The summed E-state index contributed by atoms with van der Waals surface area (Å²) in [6.45, 7) is 6.00. The van der Waals surface area contributed by atoms with Gasteiger partial charge in [0.1, 0.15) is 6.61 Å². The SMILES string of the molecule is CCCCCCCCCCCCCCCCCCCCC.CCCCCCCCCCCCCCCCCCCCCCCCCCCCCCCCCCCCCCCC.O=C(OCCOCCC1CCCC1)C(F)(F)C(F)(F)C(F)(F)C(F)(F)C(F)(F)C(F)(F)C(F)(F)C(F)(F)C(F)(F)C(F)(F)C(F)(F)C(F)(F)C(F)(F)C(F)(F)C(F)(F)F. The van der Waals surface area contributed by atoms with Gasteiger partial charge in [0.25, 0.3) is 0 Å². The predicted molar refractivity (Wildman–Crippen MR) is 410 cm³/mol. The lowest BCUT2D eigenvalue weighted by molar-refractivity contribution is -0.489. The molecule has 0 heterocycles. The van der Waals surface area contributed by atoms with Crippen LogP contribution in [0.25, 0.3) is 0 Å². The van der Waals surface area contributed by atoms with Crippen LogP contribution in [-0.2, 0) is 14.3 Å². The van der Waals surface area contributed by atoms with E-state index in [2.05, 4.69) is 37.2 Å². The first-order valence-corrected chi connectivity index (χ1v) is 44.9. The first-order valence-electron chi connectivity index (χ1n) is 44.9. The number of unbranched alkanes of at least 4 members (excludes halogenated alkanes) is 55. The predicted octanol–water partition coefficient (Wildman–Crippen LogP) is 35.9. The summed E-state index contributed by atoms with van der Waals surface area (Å²) in [5.74, 6) is -138. The number of esters is 1. The normalized spacial score (nSPS) is 14.6. The lowest BCUT2D eigenvalue weighted by Crippen LogP contribution is -2.79. The molecule has 0 amide bonds. The summed E-state index contributed by atoms with van der Waals surface area (Å²) < 4.78 is 431. The standard InChI is InChI=1S/C40H82.C25H17F31O3.C21H44/c1-3-5-7-9-11-13-15-17-19-21-23-25-27-29-31-33-35-37-39-40-38-36-34-32-30-28-26-24-22-20-18-16-14-12-10-8-6-4-2;26-11(27,10(57)59-8-7-58-6-5-9-3-1-2-4-9)12(28,29)13(30,31)14(32,33)15(34,35)16(36,37)17(38,39)18(40,41)19(42,43)20(44,45)21(46,47)22(48,49)23(50,51)24(52,53)25(54,55)56;1-3-5-7-9-11-13-15-17-19-21-20-18-16-14-12-10-8-6-4-2/h3-40H2,1-2H3;9H,1-8H2;3-21H2,1-2H3. The van der Waals surface area contributed by atoms with Crippen molar-refractivity contribution in [3.8, 4) is 0 Å². The Morgan fingerprint density at radius 3 is 0.517 bits per heavy atom. The molecule has 0 aromatic heterocycles. The second-order valence-electron chi connectivity index (χ2n) is 33.0. The summed E-state index contributed by atoms with van der Waals surface area (Å²) in [6.07, 6.45) is 78.9. The molecule has 0 aromatic carbocycles. The maximum Gasteiger partial charge on any atom is 0.460 e. The van der Waals surface area contributed by atoms with Gasteiger partial charge in [-0.2, -0.15) is 136 Å². The van der Waals surface area contributed by atoms with Crippen molar-refractivity contribution in [2.45, 2.75) is 515 Å². The highest BCUT2D eigenvalue weighted by atomic mass is 19.4. The molecule has 1 rings (SSSR count). The van der Waals surface area contributed by atoms with E-state index in [1.54, 1.807) is 0 Å². The minimum absolute atomic E-state index is 0.0233. The van der Waals surface area contributed by atoms with Crippen LogP contribution in [0.1, 0.15) is 426 Å². The topological polar surface area (TPSA) is 35.5 Å². The maximum absolute atomic E-state index is 14.1. The van der Waals surface area contributed by atoms with Gasteiger partial charge in [-0.05, 0) is 12.3 Å². The van der Waals surface area contributed by atoms with E-state index in [0.29, 0.717) is 12.8 Å². The van der Waals surface area contributed by atoms with E-state index >= 15 is 0 Å². The van der Waals surface area contributed by atoms with Crippen molar-refractivity contribution in [3.05, 3.63) is 0 Å². The van der Waals surface area contributed by atoms with Gasteiger partial charge in [-0.3, -0.25) is 0 Å². The Morgan fingerprint density at radius 1 is 0.208 bits per heavy atom. The number of alkyl halides is 31. The Hall–Kier alpha value is -2.74. The highest BCUT2D eigenvalue weighted by Gasteiger charge is 3.01. The molecule has 1 aliphatic carbocycles. The number of rotatable bonds is 75. The Morgan fingerprint density at radius 2 is 0.358 bits per heavy atom. The molecule has 1 fully saturated rings. The summed E-state index contributed by atoms with van der Waals surface area (Å²) in [4.78, 5) is 11.3. The smallest absolute Gasteiger partial charge is 0.459 e. The summed E-state index contributed by atoms with van der Waals surface area (Å²) in [5.41, 5.74) is 0. The average molecular weight is 1810 g/mol. The first kappa shape index (κ1) is 119. The molecule has 0 aromatic rings. The molecular formula is C86H143F31O3. The molecule has 34 heteroatoms. The van der Waals surface area contributed by atoms with Gasteiger partial charge in [0.2, 0.25) is 0 Å². The quantitative estimate of drug-likeness (QED) is 0.0346. The molecule has 3 nitrogen and oxygen atoms in total. The first-order chi connectivity index (χ1) is 55.8. The Balaban J connectivity index is 0. The van der Waals surface area contributed by atoms with Gasteiger partial charge < -0.3 is 9.47 Å². The van der Waals surface area contributed by atoms with Crippen LogP contribution < -0.4 is 0 Å². The molecule has 722 valence electrons. The van der Waals surface area contributed by atoms with E-state index in [-0.39, 0.29) is 18.9 Å². The third-order valence-electron chi connectivity index (χ3n) is 22.5. The molecule has 0 unspecified atom stereocenters. The molecular weight excluding hydrogens is 1670 g/mol. The molecule has 1 aliphatic rings. The van der Waals surface area contributed by atoms with Gasteiger partial charge in [-0.1, -0.05) is 419 Å². The Kier molecular flexibility index (Phi) is 59.8. The van der Waals surface area contributed by atoms with Crippen molar-refractivity contribution in [3.63, 3.8) is 0 Å². The van der Waals surface area contributed by atoms with Crippen molar-refractivity contribution in [1.29, 1.82) is 0 Å². The van der Waals surface area contributed by atoms with E-state index in [9.17, 15) is 141 Å². The Bertz CT molecular complexity index is 2430. The molecule has 120 heavy (non-hydrogen) atoms. The van der Waals surface area contributed by atoms with Crippen molar-refractivity contribution >= 4 is 5.97 Å². The number of ether oxygens (including phenoxy) is 2. The molecule has 0 radical (unpaired) electrons. The molecule has 1 saturated carbocycles. The second-order valence-corrected chi connectivity index (χ2v) is 33.0. The van der Waals surface area contributed by atoms with Crippen LogP contribution in [0.2, 0.25) is 0 Å². The van der Waals surface area contributed by atoms with Crippen LogP contribution in [0, 0.1) is 5.92 Å². The fourth-order valence-corrected chi connectivity index (χ4v) is 14.3. The van der Waals surface area contributed by atoms with E-state index < -0.39 is 108 Å². The zero-order chi connectivity index (χ0) is 92.0. The largest absolute Gasteiger partial charge is 0.460 e. The number of hydrogen-bond acceptors (Lipinski definition) is 3. The molecule has 0 aliphatic heterocycles. The van der Waals surface area contributed by atoms with E-state index in [1.807, 2.05) is 0 Å². The number of hydrogen-bond donors (Lipinski definition) is 0. The summed E-state index contributed by atoms with van der Waals surface area (Å²) in [5, 5.41) is 0. The summed E-state index contributed by atoms with van der Waals surface area (Å²) in [7, 11) is 0. The summed E-state index contributed by atoms with van der Waals surface area (Å²) in [6, 6.07) is 0. The van der Waals surface area contributed by atoms with E-state index in [1.165, 1.54) is 366 Å². The highest BCUT2D eigenvalue weighted by Crippen LogP contribution is 2.70.